The first-order valence-corrected chi connectivity index (χ1v) is 6.53. The highest BCUT2D eigenvalue weighted by atomic mass is 16.6. The monoisotopic (exact) mass is 223 g/mol. The van der Waals surface area contributed by atoms with Gasteiger partial charge < -0.3 is 10.5 Å². The lowest BCUT2D eigenvalue weighted by atomic mass is 9.50. The molecule has 3 heteroatoms. The predicted molar refractivity (Wildman–Crippen MR) is 60.6 cm³/mol. The van der Waals surface area contributed by atoms with Gasteiger partial charge in [-0.25, -0.2) is 0 Å². The fourth-order valence-electron chi connectivity index (χ4n) is 4.57. The second-order valence-electron chi connectivity index (χ2n) is 6.17. The molecule has 0 aromatic heterocycles. The maximum absolute atomic E-state index is 11.5. The summed E-state index contributed by atoms with van der Waals surface area (Å²) in [6.07, 6.45) is 6.49. The zero-order valence-corrected chi connectivity index (χ0v) is 9.95. The highest BCUT2D eigenvalue weighted by Gasteiger charge is 2.56. The summed E-state index contributed by atoms with van der Waals surface area (Å²) < 4.78 is 5.70. The van der Waals surface area contributed by atoms with E-state index < -0.39 is 0 Å². The number of carbonyl (C=O) groups excluding carboxylic acids is 1. The van der Waals surface area contributed by atoms with E-state index in [2.05, 4.69) is 6.92 Å². The van der Waals surface area contributed by atoms with Crippen LogP contribution in [0.4, 0.5) is 0 Å². The second kappa shape index (κ2) is 3.46. The Kier molecular flexibility index (Phi) is 2.29. The Morgan fingerprint density at radius 1 is 1.19 bits per heavy atom. The van der Waals surface area contributed by atoms with Crippen molar-refractivity contribution in [1.29, 1.82) is 0 Å². The number of ether oxygens (including phenoxy) is 1. The lowest BCUT2D eigenvalue weighted by Crippen LogP contribution is -2.58. The minimum absolute atomic E-state index is 0.0158. The first-order chi connectivity index (χ1) is 7.61. The smallest absolute Gasteiger partial charge is 0.320 e. The maximum Gasteiger partial charge on any atom is 0.320 e. The number of rotatable bonds is 2. The Morgan fingerprint density at radius 2 is 1.69 bits per heavy atom. The van der Waals surface area contributed by atoms with Crippen molar-refractivity contribution in [2.45, 2.75) is 44.6 Å². The van der Waals surface area contributed by atoms with E-state index in [9.17, 15) is 4.79 Å². The lowest BCUT2D eigenvalue weighted by molar-refractivity contribution is -0.201. The van der Waals surface area contributed by atoms with Crippen LogP contribution >= 0.6 is 0 Å². The fourth-order valence-corrected chi connectivity index (χ4v) is 4.57. The quantitative estimate of drug-likeness (QED) is 0.725. The van der Waals surface area contributed by atoms with Crippen LogP contribution in [0.3, 0.4) is 0 Å². The molecule has 4 fully saturated rings. The molecule has 4 bridgehead atoms. The molecule has 3 nitrogen and oxygen atoms in total. The number of carbonyl (C=O) groups is 1. The van der Waals surface area contributed by atoms with Crippen molar-refractivity contribution in [2.75, 3.05) is 6.54 Å². The Labute approximate surface area is 96.7 Å². The Bertz CT molecular complexity index is 285. The molecule has 0 unspecified atom stereocenters. The van der Waals surface area contributed by atoms with Crippen molar-refractivity contribution in [3.63, 3.8) is 0 Å². The van der Waals surface area contributed by atoms with Gasteiger partial charge in [-0.1, -0.05) is 0 Å². The fraction of sp³-hybridized carbons (Fsp3) is 0.923. The minimum atomic E-state index is -0.227. The van der Waals surface area contributed by atoms with Gasteiger partial charge in [-0.05, 0) is 62.7 Å². The van der Waals surface area contributed by atoms with E-state index in [-0.39, 0.29) is 18.1 Å². The average molecular weight is 223 g/mol. The highest BCUT2D eigenvalue weighted by Crippen LogP contribution is 2.59. The van der Waals surface area contributed by atoms with E-state index in [1.165, 1.54) is 32.1 Å². The summed E-state index contributed by atoms with van der Waals surface area (Å²) >= 11 is 0. The van der Waals surface area contributed by atoms with Crippen LogP contribution in [0.15, 0.2) is 0 Å². The predicted octanol–water partition coefficient (Wildman–Crippen LogP) is 1.70. The molecule has 0 heterocycles. The van der Waals surface area contributed by atoms with Crippen LogP contribution in [0.2, 0.25) is 0 Å². The highest BCUT2D eigenvalue weighted by molar-refractivity contribution is 5.72. The molecule has 0 aromatic carbocycles. The molecule has 0 aromatic rings. The van der Waals surface area contributed by atoms with Gasteiger partial charge in [-0.3, -0.25) is 4.79 Å². The molecule has 4 aliphatic rings. The molecule has 0 spiro atoms. The van der Waals surface area contributed by atoms with Crippen LogP contribution in [0, 0.1) is 23.7 Å². The Morgan fingerprint density at radius 3 is 2.12 bits per heavy atom. The summed E-state index contributed by atoms with van der Waals surface area (Å²) in [5.41, 5.74) is 5.16. The lowest BCUT2D eigenvalue weighted by Gasteiger charge is -2.59. The van der Waals surface area contributed by atoms with Crippen LogP contribution in [0.25, 0.3) is 0 Å². The number of esters is 1. The van der Waals surface area contributed by atoms with Gasteiger partial charge in [0, 0.05) is 0 Å². The summed E-state index contributed by atoms with van der Waals surface area (Å²) in [4.78, 5) is 11.5. The van der Waals surface area contributed by atoms with E-state index in [1.807, 2.05) is 0 Å². The molecule has 4 rings (SSSR count). The third-order valence-corrected chi connectivity index (χ3v) is 5.26. The molecule has 0 saturated heterocycles. The SMILES string of the molecule is CC1(OC(=O)CN)C2CC3CC(C2)CC1C3. The van der Waals surface area contributed by atoms with Crippen LogP contribution in [-0.4, -0.2) is 18.1 Å². The first-order valence-electron chi connectivity index (χ1n) is 6.53. The van der Waals surface area contributed by atoms with E-state index in [0.717, 1.165) is 11.8 Å². The molecule has 2 N–H and O–H groups in total. The molecule has 4 aliphatic carbocycles. The molecule has 4 saturated carbocycles. The molecule has 0 radical (unpaired) electrons. The van der Waals surface area contributed by atoms with Crippen LogP contribution in [-0.2, 0) is 9.53 Å². The standard InChI is InChI=1S/C13H21NO2/c1-13(16-12(15)7-14)10-3-8-2-9(5-10)6-11(13)4-8/h8-11H,2-7,14H2,1H3. The molecular weight excluding hydrogens is 202 g/mol. The summed E-state index contributed by atoms with van der Waals surface area (Å²) in [6, 6.07) is 0. The summed E-state index contributed by atoms with van der Waals surface area (Å²) in [5, 5.41) is 0. The van der Waals surface area contributed by atoms with E-state index >= 15 is 0 Å². The summed E-state index contributed by atoms with van der Waals surface area (Å²) in [7, 11) is 0. The van der Waals surface area contributed by atoms with E-state index in [4.69, 9.17) is 10.5 Å². The largest absolute Gasteiger partial charge is 0.458 e. The number of hydrogen-bond acceptors (Lipinski definition) is 3. The van der Waals surface area contributed by atoms with Gasteiger partial charge >= 0.3 is 5.97 Å². The van der Waals surface area contributed by atoms with Crippen LogP contribution in [0.5, 0.6) is 0 Å². The molecular formula is C13H21NO2. The van der Waals surface area contributed by atoms with Crippen molar-refractivity contribution in [3.8, 4) is 0 Å². The Hall–Kier alpha value is -0.570. The van der Waals surface area contributed by atoms with Crippen molar-refractivity contribution >= 4 is 5.97 Å². The summed E-state index contributed by atoms with van der Waals surface area (Å²) in [5.74, 6) is 2.78. The van der Waals surface area contributed by atoms with Gasteiger partial charge in [0.15, 0.2) is 0 Å². The van der Waals surface area contributed by atoms with Crippen molar-refractivity contribution in [3.05, 3.63) is 0 Å². The normalized spacial score (nSPS) is 49.4. The van der Waals surface area contributed by atoms with Gasteiger partial charge in [0.2, 0.25) is 0 Å². The second-order valence-corrected chi connectivity index (χ2v) is 6.17. The van der Waals surface area contributed by atoms with Gasteiger partial charge in [-0.15, -0.1) is 0 Å². The zero-order chi connectivity index (χ0) is 11.3. The van der Waals surface area contributed by atoms with Gasteiger partial charge in [0.1, 0.15) is 5.60 Å². The van der Waals surface area contributed by atoms with Crippen molar-refractivity contribution < 1.29 is 9.53 Å². The third-order valence-electron chi connectivity index (χ3n) is 5.26. The zero-order valence-electron chi connectivity index (χ0n) is 9.95. The topological polar surface area (TPSA) is 52.3 Å². The number of hydrogen-bond donors (Lipinski definition) is 1. The molecule has 0 aliphatic heterocycles. The van der Waals surface area contributed by atoms with E-state index in [1.54, 1.807) is 0 Å². The molecule has 90 valence electrons. The summed E-state index contributed by atoms with van der Waals surface area (Å²) in [6.45, 7) is 2.16. The van der Waals surface area contributed by atoms with Crippen LogP contribution in [0.1, 0.15) is 39.0 Å². The van der Waals surface area contributed by atoms with Gasteiger partial charge in [0.25, 0.3) is 0 Å². The molecule has 0 amide bonds. The van der Waals surface area contributed by atoms with Crippen LogP contribution < -0.4 is 5.73 Å². The average Bonchev–Trinajstić information content (AvgIpc) is 2.25. The van der Waals surface area contributed by atoms with E-state index in [0.29, 0.717) is 11.8 Å². The first kappa shape index (κ1) is 10.6. The third kappa shape index (κ3) is 1.41. The van der Waals surface area contributed by atoms with Crippen molar-refractivity contribution in [2.24, 2.45) is 29.4 Å². The number of nitrogens with two attached hydrogens (primary N) is 1. The molecule has 16 heavy (non-hydrogen) atoms. The van der Waals surface area contributed by atoms with Crippen molar-refractivity contribution in [1.82, 2.24) is 0 Å². The van der Waals surface area contributed by atoms with Gasteiger partial charge in [0.05, 0.1) is 6.54 Å². The molecule has 0 atom stereocenters. The Balaban J connectivity index is 1.82. The van der Waals surface area contributed by atoms with Gasteiger partial charge in [-0.2, -0.15) is 0 Å². The maximum atomic E-state index is 11.5. The minimum Gasteiger partial charge on any atom is -0.458 e.